The Morgan fingerprint density at radius 1 is 1.30 bits per heavy atom. The highest BCUT2D eigenvalue weighted by atomic mass is 32.2. The third-order valence-corrected chi connectivity index (χ3v) is 5.02. The maximum Gasteiger partial charge on any atom is 0.344 e. The summed E-state index contributed by atoms with van der Waals surface area (Å²) < 4.78 is 19.2. The molecule has 0 aromatic heterocycles. The second-order valence-electron chi connectivity index (χ2n) is 5.63. The zero-order valence-corrected chi connectivity index (χ0v) is 15.7. The van der Waals surface area contributed by atoms with Gasteiger partial charge in [0.05, 0.1) is 10.6 Å². The molecule has 1 N–H and O–H groups in total. The molecular formula is C19H14FNO4S2. The number of carboxylic acids is 1. The molecule has 27 heavy (non-hydrogen) atoms. The van der Waals surface area contributed by atoms with E-state index in [1.165, 1.54) is 30.0 Å². The first-order valence-corrected chi connectivity index (χ1v) is 9.11. The van der Waals surface area contributed by atoms with Gasteiger partial charge in [-0.15, -0.1) is 0 Å². The zero-order chi connectivity index (χ0) is 19.6. The van der Waals surface area contributed by atoms with E-state index in [0.29, 0.717) is 21.9 Å². The van der Waals surface area contributed by atoms with Gasteiger partial charge in [-0.1, -0.05) is 48.2 Å². The number of carboxylic acid groups (broad SMARTS) is 1. The molecule has 0 radical (unpaired) electrons. The lowest BCUT2D eigenvalue weighted by molar-refractivity contribution is -0.144. The van der Waals surface area contributed by atoms with Crippen molar-refractivity contribution in [1.82, 2.24) is 0 Å². The van der Waals surface area contributed by atoms with E-state index in [0.717, 1.165) is 11.8 Å². The molecule has 3 rings (SSSR count). The van der Waals surface area contributed by atoms with Gasteiger partial charge in [-0.25, -0.2) is 9.18 Å². The fraction of sp³-hybridized carbons (Fsp3) is 0.105. The van der Waals surface area contributed by atoms with Gasteiger partial charge in [0, 0.05) is 5.56 Å². The van der Waals surface area contributed by atoms with Gasteiger partial charge < -0.3 is 9.84 Å². The highest BCUT2D eigenvalue weighted by Gasteiger charge is 2.33. The molecule has 1 saturated heterocycles. The number of ether oxygens (including phenoxy) is 1. The standard InChI is InChI=1S/C19H14FNO4S2/c1-11(18(23)24)25-15-8-3-2-5-12(15)9-16-17(22)21(19(26)27-16)14-7-4-6-13(20)10-14/h2-11H,1H3,(H,23,24)/b16-9+. The molecule has 1 aliphatic heterocycles. The quantitative estimate of drug-likeness (QED) is 0.599. The molecule has 1 amide bonds. The van der Waals surface area contributed by atoms with Crippen LogP contribution in [0.4, 0.5) is 10.1 Å². The van der Waals surface area contributed by atoms with E-state index >= 15 is 0 Å². The predicted molar refractivity (Wildman–Crippen MR) is 106 cm³/mol. The number of anilines is 1. The second kappa shape index (κ2) is 7.89. The van der Waals surface area contributed by atoms with Crippen LogP contribution in [0.3, 0.4) is 0 Å². The average molecular weight is 403 g/mol. The molecule has 0 bridgehead atoms. The minimum atomic E-state index is -1.10. The lowest BCUT2D eigenvalue weighted by Gasteiger charge is -2.14. The van der Waals surface area contributed by atoms with Crippen molar-refractivity contribution in [2.24, 2.45) is 0 Å². The number of nitrogens with zero attached hydrogens (tertiary/aromatic N) is 1. The highest BCUT2D eigenvalue weighted by Crippen LogP contribution is 2.37. The van der Waals surface area contributed by atoms with Crippen molar-refractivity contribution in [3.05, 3.63) is 64.8 Å². The molecule has 0 saturated carbocycles. The van der Waals surface area contributed by atoms with E-state index in [2.05, 4.69) is 0 Å². The van der Waals surface area contributed by atoms with E-state index in [1.807, 2.05) is 0 Å². The molecule has 1 heterocycles. The van der Waals surface area contributed by atoms with Crippen LogP contribution in [-0.4, -0.2) is 27.4 Å². The third kappa shape index (κ3) is 4.17. The summed E-state index contributed by atoms with van der Waals surface area (Å²) in [5.74, 6) is -1.60. The summed E-state index contributed by atoms with van der Waals surface area (Å²) in [5, 5.41) is 9.03. The summed E-state index contributed by atoms with van der Waals surface area (Å²) in [6.45, 7) is 1.42. The number of amides is 1. The smallest absolute Gasteiger partial charge is 0.344 e. The Morgan fingerprint density at radius 2 is 2.04 bits per heavy atom. The summed E-state index contributed by atoms with van der Waals surface area (Å²) in [7, 11) is 0. The molecule has 1 fully saturated rings. The average Bonchev–Trinajstić information content (AvgIpc) is 2.90. The van der Waals surface area contributed by atoms with Crippen molar-refractivity contribution >= 4 is 51.9 Å². The first-order chi connectivity index (χ1) is 12.9. The lowest BCUT2D eigenvalue weighted by Crippen LogP contribution is -2.27. The molecule has 138 valence electrons. The minimum absolute atomic E-state index is 0.286. The van der Waals surface area contributed by atoms with E-state index in [1.54, 1.807) is 36.4 Å². The Labute approximate surface area is 164 Å². The number of benzene rings is 2. The fourth-order valence-electron chi connectivity index (χ4n) is 2.39. The van der Waals surface area contributed by atoms with E-state index in [9.17, 15) is 14.0 Å². The molecule has 2 aromatic carbocycles. The SMILES string of the molecule is CC(Oc1ccccc1/C=C1/SC(=S)N(c2cccc(F)c2)C1=O)C(=O)O. The number of carbonyl (C=O) groups is 2. The summed E-state index contributed by atoms with van der Waals surface area (Å²) in [5.41, 5.74) is 0.898. The van der Waals surface area contributed by atoms with Gasteiger partial charge in [-0.05, 0) is 37.3 Å². The van der Waals surface area contributed by atoms with Crippen molar-refractivity contribution in [3.63, 3.8) is 0 Å². The topological polar surface area (TPSA) is 66.8 Å². The number of rotatable bonds is 5. The minimum Gasteiger partial charge on any atom is -0.479 e. The Bertz CT molecular complexity index is 960. The van der Waals surface area contributed by atoms with Crippen LogP contribution in [0, 0.1) is 5.82 Å². The lowest BCUT2D eigenvalue weighted by atomic mass is 10.1. The van der Waals surface area contributed by atoms with Crippen molar-refractivity contribution in [2.45, 2.75) is 13.0 Å². The zero-order valence-electron chi connectivity index (χ0n) is 14.1. The van der Waals surface area contributed by atoms with E-state index < -0.39 is 17.9 Å². The number of hydrogen-bond donors (Lipinski definition) is 1. The number of thiocarbonyl (C=S) groups is 1. The number of thioether (sulfide) groups is 1. The van der Waals surface area contributed by atoms with Crippen LogP contribution in [0.5, 0.6) is 5.75 Å². The van der Waals surface area contributed by atoms with Gasteiger partial charge in [0.1, 0.15) is 11.6 Å². The van der Waals surface area contributed by atoms with E-state index in [-0.39, 0.29) is 10.2 Å². The third-order valence-electron chi connectivity index (χ3n) is 3.72. The molecule has 2 aromatic rings. The van der Waals surface area contributed by atoms with Crippen molar-refractivity contribution in [1.29, 1.82) is 0 Å². The second-order valence-corrected chi connectivity index (χ2v) is 7.31. The normalized spacial score (nSPS) is 16.7. The van der Waals surface area contributed by atoms with Crippen LogP contribution in [-0.2, 0) is 9.59 Å². The predicted octanol–water partition coefficient (Wildman–Crippen LogP) is 4.08. The molecular weight excluding hydrogens is 389 g/mol. The fourth-order valence-corrected chi connectivity index (χ4v) is 3.68. The maximum absolute atomic E-state index is 13.5. The number of hydrogen-bond acceptors (Lipinski definition) is 5. The molecule has 8 heteroatoms. The van der Waals surface area contributed by atoms with Gasteiger partial charge in [0.25, 0.3) is 5.91 Å². The summed E-state index contributed by atoms with van der Waals surface area (Å²) in [6.07, 6.45) is 0.545. The van der Waals surface area contributed by atoms with Crippen molar-refractivity contribution in [2.75, 3.05) is 4.90 Å². The first-order valence-electron chi connectivity index (χ1n) is 7.89. The number of para-hydroxylation sites is 1. The highest BCUT2D eigenvalue weighted by molar-refractivity contribution is 8.27. The first kappa shape index (κ1) is 19.1. The summed E-state index contributed by atoms with van der Waals surface area (Å²) >= 11 is 6.35. The monoisotopic (exact) mass is 403 g/mol. The molecule has 5 nitrogen and oxygen atoms in total. The van der Waals surface area contributed by atoms with Crippen molar-refractivity contribution in [3.8, 4) is 5.75 Å². The van der Waals surface area contributed by atoms with Crippen LogP contribution in [0.25, 0.3) is 6.08 Å². The Balaban J connectivity index is 1.92. The Hall–Kier alpha value is -2.71. The number of aliphatic carboxylic acids is 1. The molecule has 0 aliphatic carbocycles. The van der Waals surface area contributed by atoms with Crippen LogP contribution in [0.2, 0.25) is 0 Å². The maximum atomic E-state index is 13.5. The van der Waals surface area contributed by atoms with Gasteiger partial charge in [0.2, 0.25) is 0 Å². The van der Waals surface area contributed by atoms with Crippen LogP contribution < -0.4 is 9.64 Å². The Kier molecular flexibility index (Phi) is 5.57. The summed E-state index contributed by atoms with van der Waals surface area (Å²) in [6, 6.07) is 12.4. The molecule has 1 unspecified atom stereocenters. The van der Waals surface area contributed by atoms with E-state index in [4.69, 9.17) is 22.1 Å². The van der Waals surface area contributed by atoms with Crippen LogP contribution >= 0.6 is 24.0 Å². The number of halogens is 1. The number of carbonyl (C=O) groups excluding carboxylic acids is 1. The van der Waals surface area contributed by atoms with Gasteiger partial charge in [0.15, 0.2) is 10.4 Å². The molecule has 0 spiro atoms. The van der Waals surface area contributed by atoms with Gasteiger partial charge in [-0.2, -0.15) is 0 Å². The van der Waals surface area contributed by atoms with Crippen LogP contribution in [0.1, 0.15) is 12.5 Å². The summed E-state index contributed by atoms with van der Waals surface area (Å²) in [4.78, 5) is 25.4. The van der Waals surface area contributed by atoms with Crippen LogP contribution in [0.15, 0.2) is 53.4 Å². The van der Waals surface area contributed by atoms with Gasteiger partial charge in [-0.3, -0.25) is 9.69 Å². The Morgan fingerprint density at radius 3 is 2.74 bits per heavy atom. The van der Waals surface area contributed by atoms with Crippen molar-refractivity contribution < 1.29 is 23.8 Å². The largest absolute Gasteiger partial charge is 0.479 e. The van der Waals surface area contributed by atoms with Gasteiger partial charge >= 0.3 is 5.97 Å². The molecule has 1 atom stereocenters. The molecule has 1 aliphatic rings.